The Balaban J connectivity index is 3.85. The van der Waals surface area contributed by atoms with Crippen LogP contribution in [0.5, 0.6) is 0 Å². The number of hydrogen-bond donors (Lipinski definition) is 2. The van der Waals surface area contributed by atoms with Crippen LogP contribution in [0.4, 0.5) is 0 Å². The maximum atomic E-state index is 10.2. The Kier molecular flexibility index (Phi) is 3.03. The number of nitrogens with two attached hydrogens (primary N) is 1. The van der Waals surface area contributed by atoms with Gasteiger partial charge in [-0.15, -0.1) is 0 Å². The van der Waals surface area contributed by atoms with Crippen molar-refractivity contribution in [2.75, 3.05) is 0 Å². The van der Waals surface area contributed by atoms with Crippen molar-refractivity contribution in [2.24, 2.45) is 5.73 Å². The number of carboxylic acid groups (broad SMARTS) is 1. The monoisotopic (exact) mass is 139 g/mol. The van der Waals surface area contributed by atoms with E-state index in [2.05, 4.69) is 0 Å². The smallest absolute Gasteiger partial charge is 0.304 e. The molecule has 10 heavy (non-hydrogen) atoms. The highest BCUT2D eigenvalue weighted by Crippen LogP contribution is 2.15. The minimum Gasteiger partial charge on any atom is -0.481 e. The summed E-state index contributed by atoms with van der Waals surface area (Å²) in [5.74, 6) is -0.831. The average Bonchev–Trinajstić information content (AvgIpc) is 1.60. The van der Waals surface area contributed by atoms with Gasteiger partial charge in [0.05, 0.1) is 30.0 Å². The zero-order valence-electron chi connectivity index (χ0n) is 6.72. The van der Waals surface area contributed by atoms with Gasteiger partial charge in [-0.25, -0.2) is 0 Å². The van der Waals surface area contributed by atoms with Gasteiger partial charge in [0.2, 0.25) is 0 Å². The highest BCUT2D eigenvalue weighted by molar-refractivity contribution is 6.59. The lowest BCUT2D eigenvalue weighted by Gasteiger charge is -2.25. The van der Waals surface area contributed by atoms with Crippen LogP contribution in [0.15, 0.2) is 0 Å². The molecule has 1 atom stereocenters. The van der Waals surface area contributed by atoms with E-state index in [1.807, 2.05) is 23.5 Å². The normalized spacial score (nSPS) is 14.5. The summed E-state index contributed by atoms with van der Waals surface area (Å²) in [6.07, 6.45) is 0.0451. The molecular formula is C4H12B3NO2. The largest absolute Gasteiger partial charge is 0.481 e. The van der Waals surface area contributed by atoms with Crippen molar-refractivity contribution < 1.29 is 9.90 Å². The van der Waals surface area contributed by atoms with Gasteiger partial charge in [-0.1, -0.05) is 5.11 Å². The van der Waals surface area contributed by atoms with E-state index in [0.29, 0.717) is 0 Å². The Labute approximate surface area is 63.6 Å². The summed E-state index contributed by atoms with van der Waals surface area (Å²) >= 11 is 0. The quantitative estimate of drug-likeness (QED) is 0.403. The minimum absolute atomic E-state index is 0.0451. The van der Waals surface area contributed by atoms with Crippen LogP contribution in [0.2, 0.25) is 5.11 Å². The van der Waals surface area contributed by atoms with Crippen molar-refractivity contribution in [2.45, 2.75) is 17.6 Å². The molecule has 0 fully saturated rings. The third-order valence-electron chi connectivity index (χ3n) is 1.51. The number of aliphatic carboxylic acids is 1. The third kappa shape index (κ3) is 3.61. The Morgan fingerprint density at radius 2 is 2.00 bits per heavy atom. The molecule has 0 aromatic carbocycles. The van der Waals surface area contributed by atoms with Gasteiger partial charge in [0, 0.05) is 0 Å². The molecule has 0 amide bonds. The van der Waals surface area contributed by atoms with E-state index in [1.54, 1.807) is 0 Å². The Hall–Kier alpha value is -0.375. The van der Waals surface area contributed by atoms with Gasteiger partial charge in [-0.05, 0) is 6.04 Å². The minimum atomic E-state index is -0.831. The molecule has 0 bridgehead atoms. The van der Waals surface area contributed by atoms with Crippen LogP contribution in [0, 0.1) is 0 Å². The van der Waals surface area contributed by atoms with Crippen LogP contribution in [-0.4, -0.2) is 40.7 Å². The Morgan fingerprint density at radius 1 is 1.60 bits per heavy atom. The van der Waals surface area contributed by atoms with Gasteiger partial charge in [0.15, 0.2) is 0 Å². The summed E-state index contributed by atoms with van der Waals surface area (Å²) in [7, 11) is 5.79. The van der Waals surface area contributed by atoms with Gasteiger partial charge in [0.1, 0.15) is 0 Å². The molecule has 0 radical (unpaired) electrons. The molecule has 3 N–H and O–H groups in total. The summed E-state index contributed by atoms with van der Waals surface area (Å²) in [5, 5.41) is 8.25. The van der Waals surface area contributed by atoms with Crippen molar-refractivity contribution in [3.8, 4) is 0 Å². The lowest BCUT2D eigenvalue weighted by atomic mass is 9.39. The van der Waals surface area contributed by atoms with Gasteiger partial charge in [-0.2, -0.15) is 0 Å². The zero-order valence-corrected chi connectivity index (χ0v) is 6.72. The molecule has 54 valence electrons. The first kappa shape index (κ1) is 9.62. The third-order valence-corrected chi connectivity index (χ3v) is 1.51. The summed E-state index contributed by atoms with van der Waals surface area (Å²) in [6.45, 7) is 0. The highest BCUT2D eigenvalue weighted by atomic mass is 16.4. The Morgan fingerprint density at radius 3 is 2.10 bits per heavy atom. The van der Waals surface area contributed by atoms with Crippen LogP contribution in [0.1, 0.15) is 6.42 Å². The highest BCUT2D eigenvalue weighted by Gasteiger charge is 2.22. The molecule has 0 aliphatic heterocycles. The summed E-state index contributed by atoms with van der Waals surface area (Å²) < 4.78 is 0. The fourth-order valence-electron chi connectivity index (χ4n) is 0.494. The molecule has 0 rings (SSSR count). The van der Waals surface area contributed by atoms with Crippen molar-refractivity contribution >= 4 is 29.5 Å². The van der Waals surface area contributed by atoms with Crippen LogP contribution in [0.25, 0.3) is 0 Å². The molecular weight excluding hydrogens is 126 g/mol. The van der Waals surface area contributed by atoms with Crippen molar-refractivity contribution in [1.29, 1.82) is 0 Å². The van der Waals surface area contributed by atoms with E-state index in [4.69, 9.17) is 10.8 Å². The molecule has 0 spiro atoms. The van der Waals surface area contributed by atoms with Crippen molar-refractivity contribution in [1.82, 2.24) is 0 Å². The maximum absolute atomic E-state index is 10.2. The van der Waals surface area contributed by atoms with Crippen molar-refractivity contribution in [3.05, 3.63) is 0 Å². The van der Waals surface area contributed by atoms with E-state index in [9.17, 15) is 4.79 Å². The standard InChI is InChI=1S/C4H12B3NO2/c5-4(6,7)2(8)1-3(9)10/h2H,1,5-8H2,(H,9,10)/t2-/m1/s1. The van der Waals surface area contributed by atoms with Crippen molar-refractivity contribution in [3.63, 3.8) is 0 Å². The molecule has 6 heteroatoms. The van der Waals surface area contributed by atoms with Gasteiger partial charge in [0.25, 0.3) is 0 Å². The van der Waals surface area contributed by atoms with E-state index in [0.717, 1.165) is 0 Å². The number of carbonyl (C=O) groups is 1. The molecule has 0 aromatic rings. The molecule has 0 unspecified atom stereocenters. The van der Waals surface area contributed by atoms with Crippen LogP contribution < -0.4 is 5.73 Å². The second-order valence-corrected chi connectivity index (χ2v) is 3.57. The molecule has 0 aliphatic carbocycles. The predicted octanol–water partition coefficient (Wildman–Crippen LogP) is -3.24. The summed E-state index contributed by atoms with van der Waals surface area (Å²) in [4.78, 5) is 10.2. The first-order valence-electron chi connectivity index (χ1n) is 3.31. The van der Waals surface area contributed by atoms with E-state index in [1.165, 1.54) is 0 Å². The van der Waals surface area contributed by atoms with Gasteiger partial charge < -0.3 is 10.8 Å². The van der Waals surface area contributed by atoms with Crippen LogP contribution >= 0.6 is 0 Å². The number of hydrogen-bond acceptors (Lipinski definition) is 2. The lowest BCUT2D eigenvalue weighted by Crippen LogP contribution is -2.39. The average molecular weight is 139 g/mol. The molecule has 0 saturated carbocycles. The van der Waals surface area contributed by atoms with E-state index in [-0.39, 0.29) is 17.6 Å². The predicted molar refractivity (Wildman–Crippen MR) is 48.6 cm³/mol. The fraction of sp³-hybridized carbons (Fsp3) is 0.750. The maximum Gasteiger partial charge on any atom is 0.304 e. The SMILES string of the molecule is BC(B)(B)[C@H](N)CC(=O)O. The second kappa shape index (κ2) is 3.15. The first-order valence-corrected chi connectivity index (χ1v) is 3.31. The van der Waals surface area contributed by atoms with E-state index >= 15 is 0 Å². The second-order valence-electron chi connectivity index (χ2n) is 3.57. The number of carboxylic acids is 1. The molecule has 3 nitrogen and oxygen atoms in total. The fourth-order valence-corrected chi connectivity index (χ4v) is 0.494. The summed E-state index contributed by atoms with van der Waals surface area (Å²) in [5.41, 5.74) is 5.57. The van der Waals surface area contributed by atoms with Crippen LogP contribution in [0.3, 0.4) is 0 Å². The molecule has 0 aliphatic rings. The van der Waals surface area contributed by atoms with E-state index < -0.39 is 5.97 Å². The lowest BCUT2D eigenvalue weighted by molar-refractivity contribution is -0.137. The number of rotatable bonds is 3. The van der Waals surface area contributed by atoms with Gasteiger partial charge in [-0.3, -0.25) is 4.79 Å². The summed E-state index contributed by atoms with van der Waals surface area (Å²) in [6, 6.07) is -0.259. The topological polar surface area (TPSA) is 63.3 Å². The molecule has 0 heterocycles. The molecule has 0 aromatic heterocycles. The van der Waals surface area contributed by atoms with Gasteiger partial charge >= 0.3 is 5.97 Å². The first-order chi connectivity index (χ1) is 4.34. The molecule has 0 saturated heterocycles. The Bertz CT molecular complexity index is 133. The zero-order chi connectivity index (χ0) is 8.36. The van der Waals surface area contributed by atoms with Crippen LogP contribution in [-0.2, 0) is 4.79 Å².